The molecule has 17 heavy (non-hydrogen) atoms. The van der Waals surface area contributed by atoms with Crippen molar-refractivity contribution in [3.63, 3.8) is 0 Å². The van der Waals surface area contributed by atoms with Gasteiger partial charge in [-0.1, -0.05) is 11.8 Å². The highest BCUT2D eigenvalue weighted by molar-refractivity contribution is 8.14. The third-order valence-corrected chi connectivity index (χ3v) is 2.82. The van der Waals surface area contributed by atoms with Crippen LogP contribution >= 0.6 is 11.8 Å². The van der Waals surface area contributed by atoms with Gasteiger partial charge in [0.05, 0.1) is 39.5 Å². The molecule has 0 atom stereocenters. The molecule has 94 valence electrons. The number of quaternary nitrogens is 1. The van der Waals surface area contributed by atoms with Gasteiger partial charge < -0.3 is 8.90 Å². The zero-order valence-electron chi connectivity index (χ0n) is 10.0. The van der Waals surface area contributed by atoms with Gasteiger partial charge in [-0.3, -0.25) is 14.9 Å². The highest BCUT2D eigenvalue weighted by atomic mass is 32.2. The first-order chi connectivity index (χ1) is 7.79. The van der Waals surface area contributed by atoms with Crippen LogP contribution < -0.4 is 0 Å². The number of furan rings is 1. The van der Waals surface area contributed by atoms with Crippen LogP contribution in [0.2, 0.25) is 0 Å². The Morgan fingerprint density at radius 2 is 2.12 bits per heavy atom. The molecule has 7 heteroatoms. The van der Waals surface area contributed by atoms with E-state index in [4.69, 9.17) is 4.42 Å². The third kappa shape index (κ3) is 4.58. The molecular formula is C10H15N2O4S+. The fraction of sp³-hybridized carbons (Fsp3) is 0.500. The van der Waals surface area contributed by atoms with Crippen LogP contribution in [0.3, 0.4) is 0 Å². The fourth-order valence-corrected chi connectivity index (χ4v) is 2.10. The van der Waals surface area contributed by atoms with Crippen molar-refractivity contribution in [2.45, 2.75) is 0 Å². The SMILES string of the molecule is C[N+](C)(C)CCSC(=O)c1ccc([N+](=O)[O-])o1. The summed E-state index contributed by atoms with van der Waals surface area (Å²) < 4.78 is 5.58. The second-order valence-electron chi connectivity index (χ2n) is 4.54. The minimum Gasteiger partial charge on any atom is -0.397 e. The Morgan fingerprint density at radius 1 is 1.47 bits per heavy atom. The predicted octanol–water partition coefficient (Wildman–Crippen LogP) is 1.77. The topological polar surface area (TPSA) is 73.3 Å². The van der Waals surface area contributed by atoms with Gasteiger partial charge in [-0.25, -0.2) is 0 Å². The lowest BCUT2D eigenvalue weighted by atomic mass is 10.5. The molecule has 1 heterocycles. The summed E-state index contributed by atoms with van der Waals surface area (Å²) in [6.45, 7) is 0.833. The van der Waals surface area contributed by atoms with Crippen molar-refractivity contribution >= 4 is 22.8 Å². The Hall–Kier alpha value is -1.34. The minimum atomic E-state index is -0.659. The van der Waals surface area contributed by atoms with Gasteiger partial charge in [-0.05, 0) is 6.07 Å². The van der Waals surface area contributed by atoms with Gasteiger partial charge in [0.1, 0.15) is 4.92 Å². The van der Waals surface area contributed by atoms with E-state index < -0.39 is 10.8 Å². The first-order valence-corrected chi connectivity index (χ1v) is 6.00. The molecule has 0 amide bonds. The standard InChI is InChI=1S/C10H15N2O4S/c1-12(2,3)6-7-17-10(13)8-4-5-9(16-8)11(14)15/h4-5H,6-7H2,1-3H3/q+1. The van der Waals surface area contributed by atoms with Crippen molar-refractivity contribution in [3.8, 4) is 0 Å². The lowest BCUT2D eigenvalue weighted by Crippen LogP contribution is -2.36. The van der Waals surface area contributed by atoms with Crippen LogP contribution in [0.25, 0.3) is 0 Å². The van der Waals surface area contributed by atoms with Crippen molar-refractivity contribution in [1.82, 2.24) is 0 Å². The Kier molecular flexibility index (Phi) is 4.30. The van der Waals surface area contributed by atoms with E-state index in [0.29, 0.717) is 5.75 Å². The van der Waals surface area contributed by atoms with Crippen molar-refractivity contribution in [3.05, 3.63) is 28.0 Å². The molecule has 0 spiro atoms. The molecule has 6 nitrogen and oxygen atoms in total. The van der Waals surface area contributed by atoms with E-state index in [-0.39, 0.29) is 10.9 Å². The van der Waals surface area contributed by atoms with Crippen LogP contribution in [0.5, 0.6) is 0 Å². The first-order valence-electron chi connectivity index (χ1n) is 5.01. The Labute approximate surface area is 103 Å². The van der Waals surface area contributed by atoms with E-state index in [9.17, 15) is 14.9 Å². The normalized spacial score (nSPS) is 11.5. The summed E-state index contributed by atoms with van der Waals surface area (Å²) in [7, 11) is 6.09. The van der Waals surface area contributed by atoms with Gasteiger partial charge >= 0.3 is 5.88 Å². The summed E-state index contributed by atoms with van der Waals surface area (Å²) in [5.41, 5.74) is 0. The molecule has 0 bridgehead atoms. The van der Waals surface area contributed by atoms with Crippen molar-refractivity contribution in [2.24, 2.45) is 0 Å². The molecule has 1 aromatic heterocycles. The van der Waals surface area contributed by atoms with E-state index in [1.807, 2.05) is 21.1 Å². The molecule has 0 N–H and O–H groups in total. The average molecular weight is 259 g/mol. The van der Waals surface area contributed by atoms with Gasteiger partial charge in [0, 0.05) is 0 Å². The quantitative estimate of drug-likeness (QED) is 0.457. The number of hydrogen-bond acceptors (Lipinski definition) is 5. The lowest BCUT2D eigenvalue weighted by Gasteiger charge is -2.23. The largest absolute Gasteiger partial charge is 0.433 e. The molecule has 0 unspecified atom stereocenters. The van der Waals surface area contributed by atoms with Crippen molar-refractivity contribution in [1.29, 1.82) is 0 Å². The highest BCUT2D eigenvalue weighted by Gasteiger charge is 2.18. The summed E-state index contributed by atoms with van der Waals surface area (Å²) in [6.07, 6.45) is 0. The van der Waals surface area contributed by atoms with E-state index in [1.54, 1.807) is 0 Å². The molecule has 0 aliphatic rings. The molecule has 1 aromatic rings. The Balaban J connectivity index is 2.50. The number of nitrogens with zero attached hydrogens (tertiary/aromatic N) is 2. The third-order valence-electron chi connectivity index (χ3n) is 1.97. The number of carbonyl (C=O) groups is 1. The Bertz CT molecular complexity index is 422. The van der Waals surface area contributed by atoms with Gasteiger partial charge in [-0.15, -0.1) is 0 Å². The maximum absolute atomic E-state index is 11.6. The van der Waals surface area contributed by atoms with Crippen LogP contribution in [0, 0.1) is 10.1 Å². The van der Waals surface area contributed by atoms with Crippen LogP contribution in [-0.2, 0) is 0 Å². The summed E-state index contributed by atoms with van der Waals surface area (Å²) >= 11 is 1.11. The number of rotatable bonds is 5. The van der Waals surface area contributed by atoms with Crippen LogP contribution in [0.15, 0.2) is 16.5 Å². The summed E-state index contributed by atoms with van der Waals surface area (Å²) in [5.74, 6) is 0.278. The van der Waals surface area contributed by atoms with Crippen LogP contribution in [0.4, 0.5) is 5.88 Å². The maximum atomic E-state index is 11.6. The van der Waals surface area contributed by atoms with Gasteiger partial charge in [0.2, 0.25) is 0 Å². The molecule has 0 aromatic carbocycles. The van der Waals surface area contributed by atoms with Crippen LogP contribution in [-0.4, -0.2) is 48.0 Å². The summed E-state index contributed by atoms with van der Waals surface area (Å²) in [6, 6.07) is 2.52. The number of carbonyl (C=O) groups excluding carboxylic acids is 1. The molecule has 0 aliphatic carbocycles. The second-order valence-corrected chi connectivity index (χ2v) is 5.61. The first kappa shape index (κ1) is 13.7. The monoisotopic (exact) mass is 259 g/mol. The Morgan fingerprint density at radius 3 is 2.59 bits per heavy atom. The maximum Gasteiger partial charge on any atom is 0.433 e. The van der Waals surface area contributed by atoms with Gasteiger partial charge in [0.25, 0.3) is 5.12 Å². The van der Waals surface area contributed by atoms with E-state index >= 15 is 0 Å². The number of thioether (sulfide) groups is 1. The number of nitro groups is 1. The summed E-state index contributed by atoms with van der Waals surface area (Å²) in [4.78, 5) is 21.3. The molecule has 0 saturated carbocycles. The molecule has 0 saturated heterocycles. The molecular weight excluding hydrogens is 244 g/mol. The molecule has 0 aliphatic heterocycles. The second kappa shape index (κ2) is 5.33. The van der Waals surface area contributed by atoms with E-state index in [2.05, 4.69) is 0 Å². The zero-order valence-corrected chi connectivity index (χ0v) is 10.8. The molecule has 1 rings (SSSR count). The highest BCUT2D eigenvalue weighted by Crippen LogP contribution is 2.20. The predicted molar refractivity (Wildman–Crippen MR) is 65.1 cm³/mol. The van der Waals surface area contributed by atoms with Gasteiger partial charge in [0.15, 0.2) is 5.76 Å². The van der Waals surface area contributed by atoms with E-state index in [0.717, 1.165) is 22.8 Å². The fourth-order valence-electron chi connectivity index (χ4n) is 1.02. The van der Waals surface area contributed by atoms with Crippen molar-refractivity contribution < 1.29 is 18.6 Å². The smallest absolute Gasteiger partial charge is 0.397 e. The minimum absolute atomic E-state index is 0.0307. The van der Waals surface area contributed by atoms with Crippen LogP contribution in [0.1, 0.15) is 10.6 Å². The summed E-state index contributed by atoms with van der Waals surface area (Å²) in [5, 5.41) is 10.1. The van der Waals surface area contributed by atoms with E-state index in [1.165, 1.54) is 12.1 Å². The molecule has 0 fully saturated rings. The number of hydrogen-bond donors (Lipinski definition) is 0. The zero-order chi connectivity index (χ0) is 13.1. The average Bonchev–Trinajstić information content (AvgIpc) is 2.63. The lowest BCUT2D eigenvalue weighted by molar-refractivity contribution is -0.867. The van der Waals surface area contributed by atoms with Gasteiger partial charge in [-0.2, -0.15) is 0 Å². The van der Waals surface area contributed by atoms with Crippen molar-refractivity contribution in [2.75, 3.05) is 33.4 Å². The molecule has 0 radical (unpaired) electrons.